The predicted molar refractivity (Wildman–Crippen MR) is 66.0 cm³/mol. The standard InChI is InChI=1S/C11H11ClN2O2S/c1-8-13-11(14-16-8)7-17(15)6-9-4-2-3-5-10(9)12/h2-5H,6-7H2,1H3/t17-/m0/s1. The average molecular weight is 271 g/mol. The third-order valence-corrected chi connectivity index (χ3v) is 3.72. The Bertz CT molecular complexity index is 542. The minimum Gasteiger partial charge on any atom is -0.340 e. The second kappa shape index (κ2) is 5.42. The van der Waals surface area contributed by atoms with Crippen LogP contribution < -0.4 is 0 Å². The van der Waals surface area contributed by atoms with E-state index < -0.39 is 10.8 Å². The number of aryl methyl sites for hydroxylation is 1. The zero-order valence-corrected chi connectivity index (χ0v) is 10.8. The van der Waals surface area contributed by atoms with Gasteiger partial charge in [0.15, 0.2) is 5.82 Å². The summed E-state index contributed by atoms with van der Waals surface area (Å²) in [7, 11) is -1.09. The van der Waals surface area contributed by atoms with Crippen molar-refractivity contribution in [2.75, 3.05) is 0 Å². The van der Waals surface area contributed by atoms with E-state index in [0.717, 1.165) is 5.56 Å². The van der Waals surface area contributed by atoms with E-state index in [0.29, 0.717) is 22.5 Å². The molecule has 17 heavy (non-hydrogen) atoms. The van der Waals surface area contributed by atoms with Gasteiger partial charge in [0.2, 0.25) is 5.89 Å². The molecule has 0 radical (unpaired) electrons. The SMILES string of the molecule is Cc1nc(C[S@@](=O)Cc2ccccc2Cl)no1. The molecule has 0 saturated heterocycles. The fraction of sp³-hybridized carbons (Fsp3) is 0.273. The number of hydrogen-bond acceptors (Lipinski definition) is 4. The van der Waals surface area contributed by atoms with Gasteiger partial charge in [-0.3, -0.25) is 4.21 Å². The van der Waals surface area contributed by atoms with Gasteiger partial charge in [-0.25, -0.2) is 0 Å². The molecule has 0 saturated carbocycles. The Morgan fingerprint density at radius 3 is 2.76 bits per heavy atom. The Morgan fingerprint density at radius 1 is 1.35 bits per heavy atom. The van der Waals surface area contributed by atoms with Crippen LogP contribution in [0.1, 0.15) is 17.3 Å². The van der Waals surface area contributed by atoms with Crippen LogP contribution in [-0.2, 0) is 22.3 Å². The molecule has 1 heterocycles. The minimum atomic E-state index is -1.09. The van der Waals surface area contributed by atoms with Crippen LogP contribution in [0.2, 0.25) is 5.02 Å². The van der Waals surface area contributed by atoms with Crippen LogP contribution in [0.5, 0.6) is 0 Å². The van der Waals surface area contributed by atoms with Crippen LogP contribution >= 0.6 is 11.6 Å². The van der Waals surface area contributed by atoms with Gasteiger partial charge >= 0.3 is 0 Å². The Morgan fingerprint density at radius 2 is 2.12 bits per heavy atom. The van der Waals surface area contributed by atoms with Crippen molar-refractivity contribution in [1.29, 1.82) is 0 Å². The van der Waals surface area contributed by atoms with E-state index in [2.05, 4.69) is 10.1 Å². The van der Waals surface area contributed by atoms with Gasteiger partial charge in [0.25, 0.3) is 0 Å². The Labute approximate surface area is 106 Å². The second-order valence-electron chi connectivity index (χ2n) is 3.55. The van der Waals surface area contributed by atoms with E-state index in [1.165, 1.54) is 0 Å². The van der Waals surface area contributed by atoms with Gasteiger partial charge in [-0.1, -0.05) is 35.0 Å². The van der Waals surface area contributed by atoms with Crippen LogP contribution in [0.25, 0.3) is 0 Å². The van der Waals surface area contributed by atoms with E-state index in [9.17, 15) is 4.21 Å². The molecule has 1 aromatic heterocycles. The Balaban J connectivity index is 2.01. The van der Waals surface area contributed by atoms with E-state index >= 15 is 0 Å². The van der Waals surface area contributed by atoms with Gasteiger partial charge in [-0.05, 0) is 11.6 Å². The van der Waals surface area contributed by atoms with Gasteiger partial charge in [-0.15, -0.1) is 0 Å². The van der Waals surface area contributed by atoms with Crippen LogP contribution in [0.4, 0.5) is 0 Å². The maximum absolute atomic E-state index is 11.9. The van der Waals surface area contributed by atoms with Gasteiger partial charge in [-0.2, -0.15) is 4.98 Å². The third-order valence-electron chi connectivity index (χ3n) is 2.13. The summed E-state index contributed by atoms with van der Waals surface area (Å²) in [5.74, 6) is 1.62. The summed E-state index contributed by atoms with van der Waals surface area (Å²) in [6.45, 7) is 1.70. The van der Waals surface area contributed by atoms with Crippen molar-refractivity contribution in [2.45, 2.75) is 18.4 Å². The number of nitrogens with zero attached hydrogens (tertiary/aromatic N) is 2. The van der Waals surface area contributed by atoms with Crippen molar-refractivity contribution >= 4 is 22.4 Å². The number of hydrogen-bond donors (Lipinski definition) is 0. The van der Waals surface area contributed by atoms with Crippen LogP contribution in [-0.4, -0.2) is 14.3 Å². The summed E-state index contributed by atoms with van der Waals surface area (Å²) >= 11 is 5.99. The molecule has 0 N–H and O–H groups in total. The summed E-state index contributed by atoms with van der Waals surface area (Å²) in [6.07, 6.45) is 0. The number of benzene rings is 1. The lowest BCUT2D eigenvalue weighted by atomic mass is 10.2. The molecule has 0 aliphatic carbocycles. The van der Waals surface area contributed by atoms with Gasteiger partial charge in [0.1, 0.15) is 0 Å². The highest BCUT2D eigenvalue weighted by molar-refractivity contribution is 7.83. The van der Waals surface area contributed by atoms with Crippen LogP contribution in [0.3, 0.4) is 0 Å². The lowest BCUT2D eigenvalue weighted by Crippen LogP contribution is -2.01. The third kappa shape index (κ3) is 3.38. The molecule has 0 fully saturated rings. The fourth-order valence-electron chi connectivity index (χ4n) is 1.38. The Kier molecular flexibility index (Phi) is 3.91. The van der Waals surface area contributed by atoms with Crippen molar-refractivity contribution < 1.29 is 8.73 Å². The molecule has 0 amide bonds. The number of rotatable bonds is 4. The van der Waals surface area contributed by atoms with Crippen molar-refractivity contribution in [1.82, 2.24) is 10.1 Å². The summed E-state index contributed by atoms with van der Waals surface area (Å²) < 4.78 is 16.7. The fourth-order valence-corrected chi connectivity index (χ4v) is 2.77. The van der Waals surface area contributed by atoms with Crippen molar-refractivity contribution in [3.8, 4) is 0 Å². The van der Waals surface area contributed by atoms with Gasteiger partial charge in [0.05, 0.1) is 11.5 Å². The molecule has 1 aromatic carbocycles. The van der Waals surface area contributed by atoms with E-state index in [1.807, 2.05) is 18.2 Å². The molecule has 0 bridgehead atoms. The molecule has 4 nitrogen and oxygen atoms in total. The highest BCUT2D eigenvalue weighted by Gasteiger charge is 2.10. The monoisotopic (exact) mass is 270 g/mol. The molecular weight excluding hydrogens is 260 g/mol. The van der Waals surface area contributed by atoms with Crippen LogP contribution in [0, 0.1) is 6.92 Å². The van der Waals surface area contributed by atoms with Crippen molar-refractivity contribution in [3.63, 3.8) is 0 Å². The van der Waals surface area contributed by atoms with Crippen molar-refractivity contribution in [2.24, 2.45) is 0 Å². The minimum absolute atomic E-state index is 0.280. The number of aromatic nitrogens is 2. The molecule has 2 aromatic rings. The van der Waals surface area contributed by atoms with E-state index in [-0.39, 0.29) is 5.75 Å². The summed E-state index contributed by atoms with van der Waals surface area (Å²) in [5.41, 5.74) is 0.868. The lowest BCUT2D eigenvalue weighted by molar-refractivity contribution is 0.389. The molecule has 90 valence electrons. The first-order valence-corrected chi connectivity index (χ1v) is 6.89. The molecule has 0 aliphatic heterocycles. The lowest BCUT2D eigenvalue weighted by Gasteiger charge is -2.02. The van der Waals surface area contributed by atoms with Crippen molar-refractivity contribution in [3.05, 3.63) is 46.6 Å². The number of halogens is 1. The topological polar surface area (TPSA) is 56.0 Å². The normalized spacial score (nSPS) is 12.6. The summed E-state index contributed by atoms with van der Waals surface area (Å²) in [4.78, 5) is 4.01. The molecule has 0 spiro atoms. The highest BCUT2D eigenvalue weighted by atomic mass is 35.5. The molecule has 1 atom stereocenters. The second-order valence-corrected chi connectivity index (χ2v) is 5.41. The first-order valence-electron chi connectivity index (χ1n) is 5.02. The smallest absolute Gasteiger partial charge is 0.223 e. The zero-order chi connectivity index (χ0) is 12.3. The largest absolute Gasteiger partial charge is 0.340 e. The predicted octanol–water partition coefficient (Wildman–Crippen LogP) is 2.48. The average Bonchev–Trinajstić information content (AvgIpc) is 2.67. The molecule has 2 rings (SSSR count). The quantitative estimate of drug-likeness (QED) is 0.856. The van der Waals surface area contributed by atoms with E-state index in [1.54, 1.807) is 13.0 Å². The Hall–Kier alpha value is -1.20. The highest BCUT2D eigenvalue weighted by Crippen LogP contribution is 2.17. The molecule has 0 aliphatic rings. The summed E-state index contributed by atoms with van der Waals surface area (Å²) in [6, 6.07) is 7.36. The van der Waals surface area contributed by atoms with Gasteiger partial charge < -0.3 is 4.52 Å². The van der Waals surface area contributed by atoms with Crippen LogP contribution in [0.15, 0.2) is 28.8 Å². The maximum Gasteiger partial charge on any atom is 0.223 e. The van der Waals surface area contributed by atoms with Gasteiger partial charge in [0, 0.05) is 22.7 Å². The first kappa shape index (κ1) is 12.3. The van der Waals surface area contributed by atoms with E-state index in [4.69, 9.17) is 16.1 Å². The molecule has 6 heteroatoms. The molecule has 0 unspecified atom stereocenters. The zero-order valence-electron chi connectivity index (χ0n) is 9.22. The molecular formula is C11H11ClN2O2S. The first-order chi connectivity index (χ1) is 8.15. The summed E-state index contributed by atoms with van der Waals surface area (Å²) in [5, 5.41) is 4.34. The maximum atomic E-state index is 11.9.